The van der Waals surface area contributed by atoms with Crippen LogP contribution in [0.2, 0.25) is 0 Å². The summed E-state index contributed by atoms with van der Waals surface area (Å²) in [5.74, 6) is -0.647. The Hall–Kier alpha value is -2.03. The standard InChI is InChI=1S/C21H26O6S/c1-3-18(15-26-14-17-7-5-4-6-8-17)21(20(23)13-22)27-28(24,25)19-11-9-16(2)10-12-19/h3-12,18,20-23H,1,13-15H2,2H3/t18-,20-,21-/m1/s1. The summed E-state index contributed by atoms with van der Waals surface area (Å²) in [5, 5.41) is 19.5. The van der Waals surface area contributed by atoms with E-state index in [-0.39, 0.29) is 11.5 Å². The highest BCUT2D eigenvalue weighted by molar-refractivity contribution is 7.86. The fourth-order valence-corrected chi connectivity index (χ4v) is 3.76. The molecule has 152 valence electrons. The second-order valence-corrected chi connectivity index (χ2v) is 8.05. The van der Waals surface area contributed by atoms with Gasteiger partial charge in [-0.25, -0.2) is 0 Å². The van der Waals surface area contributed by atoms with E-state index in [0.717, 1.165) is 11.1 Å². The van der Waals surface area contributed by atoms with Crippen LogP contribution in [0.1, 0.15) is 11.1 Å². The molecule has 2 aromatic carbocycles. The summed E-state index contributed by atoms with van der Waals surface area (Å²) in [6, 6.07) is 15.7. The molecule has 0 radical (unpaired) electrons. The van der Waals surface area contributed by atoms with Crippen molar-refractivity contribution in [1.29, 1.82) is 0 Å². The SMILES string of the molecule is C=C[C@H](COCc1ccccc1)[C@@H](OS(=O)(=O)c1ccc(C)cc1)[C@H](O)CO. The van der Waals surface area contributed by atoms with Gasteiger partial charge in [-0.15, -0.1) is 6.58 Å². The summed E-state index contributed by atoms with van der Waals surface area (Å²) in [6.07, 6.45) is -1.19. The first kappa shape index (κ1) is 22.3. The Kier molecular flexibility index (Phi) is 8.35. The molecule has 0 aromatic heterocycles. The molecule has 0 aliphatic carbocycles. The maximum absolute atomic E-state index is 12.6. The predicted octanol–water partition coefficient (Wildman–Crippen LogP) is 2.44. The quantitative estimate of drug-likeness (QED) is 0.440. The molecule has 0 aliphatic heterocycles. The van der Waals surface area contributed by atoms with Crippen molar-refractivity contribution >= 4 is 10.1 Å². The van der Waals surface area contributed by atoms with Crippen molar-refractivity contribution in [1.82, 2.24) is 0 Å². The summed E-state index contributed by atoms with van der Waals surface area (Å²) < 4.78 is 36.1. The summed E-state index contributed by atoms with van der Waals surface area (Å²) in [6.45, 7) is 5.27. The average molecular weight is 407 g/mol. The van der Waals surface area contributed by atoms with E-state index in [1.165, 1.54) is 18.2 Å². The zero-order valence-corrected chi connectivity index (χ0v) is 16.6. The summed E-state index contributed by atoms with van der Waals surface area (Å²) in [5.41, 5.74) is 1.86. The van der Waals surface area contributed by atoms with Gasteiger partial charge in [-0.05, 0) is 24.6 Å². The van der Waals surface area contributed by atoms with E-state index in [4.69, 9.17) is 8.92 Å². The van der Waals surface area contributed by atoms with Crippen molar-refractivity contribution in [2.45, 2.75) is 30.6 Å². The smallest absolute Gasteiger partial charge is 0.297 e. The predicted molar refractivity (Wildman–Crippen MR) is 106 cm³/mol. The number of benzene rings is 2. The Labute approximate surface area is 166 Å². The van der Waals surface area contributed by atoms with Crippen molar-refractivity contribution in [3.05, 3.63) is 78.4 Å². The molecule has 28 heavy (non-hydrogen) atoms. The van der Waals surface area contributed by atoms with Crippen LogP contribution < -0.4 is 0 Å². The van der Waals surface area contributed by atoms with Gasteiger partial charge >= 0.3 is 0 Å². The molecule has 6 nitrogen and oxygen atoms in total. The lowest BCUT2D eigenvalue weighted by atomic mass is 9.99. The number of hydrogen-bond donors (Lipinski definition) is 2. The first-order valence-electron chi connectivity index (χ1n) is 8.90. The van der Waals surface area contributed by atoms with Crippen molar-refractivity contribution in [2.24, 2.45) is 5.92 Å². The molecule has 0 bridgehead atoms. The lowest BCUT2D eigenvalue weighted by Crippen LogP contribution is -2.41. The molecule has 2 aromatic rings. The summed E-state index contributed by atoms with van der Waals surface area (Å²) >= 11 is 0. The minimum Gasteiger partial charge on any atom is -0.394 e. The molecule has 0 unspecified atom stereocenters. The van der Waals surface area contributed by atoms with Gasteiger partial charge in [0, 0.05) is 5.92 Å². The maximum atomic E-state index is 12.6. The molecule has 3 atom stereocenters. The Morgan fingerprint density at radius 2 is 1.75 bits per heavy atom. The van der Waals surface area contributed by atoms with E-state index in [1.54, 1.807) is 12.1 Å². The minimum atomic E-state index is -4.14. The molecule has 0 saturated heterocycles. The fourth-order valence-electron chi connectivity index (χ4n) is 2.62. The molecule has 0 amide bonds. The van der Waals surface area contributed by atoms with Crippen molar-refractivity contribution < 1.29 is 27.6 Å². The van der Waals surface area contributed by atoms with Gasteiger partial charge in [-0.3, -0.25) is 4.18 Å². The molecule has 0 heterocycles. The maximum Gasteiger partial charge on any atom is 0.297 e. The summed E-state index contributed by atoms with van der Waals surface area (Å²) in [7, 11) is -4.14. The molecular weight excluding hydrogens is 380 g/mol. The number of ether oxygens (including phenoxy) is 1. The van der Waals surface area contributed by atoms with E-state index in [2.05, 4.69) is 6.58 Å². The van der Waals surface area contributed by atoms with Gasteiger partial charge in [0.25, 0.3) is 10.1 Å². The van der Waals surface area contributed by atoms with Gasteiger partial charge < -0.3 is 14.9 Å². The lowest BCUT2D eigenvalue weighted by molar-refractivity contribution is -0.0371. The van der Waals surface area contributed by atoms with E-state index in [9.17, 15) is 18.6 Å². The monoisotopic (exact) mass is 406 g/mol. The zero-order chi connectivity index (χ0) is 20.6. The Morgan fingerprint density at radius 3 is 2.32 bits per heavy atom. The third kappa shape index (κ3) is 6.25. The van der Waals surface area contributed by atoms with Gasteiger partial charge in [-0.2, -0.15) is 8.42 Å². The molecular formula is C21H26O6S. The molecule has 0 spiro atoms. The van der Waals surface area contributed by atoms with Gasteiger partial charge in [0.1, 0.15) is 12.2 Å². The zero-order valence-electron chi connectivity index (χ0n) is 15.8. The van der Waals surface area contributed by atoms with Crippen molar-refractivity contribution in [3.63, 3.8) is 0 Å². The van der Waals surface area contributed by atoms with Crippen LogP contribution in [0.5, 0.6) is 0 Å². The highest BCUT2D eigenvalue weighted by Crippen LogP contribution is 2.22. The Balaban J connectivity index is 2.11. The number of hydrogen-bond acceptors (Lipinski definition) is 6. The van der Waals surface area contributed by atoms with Gasteiger partial charge in [0.15, 0.2) is 0 Å². The average Bonchev–Trinajstić information content (AvgIpc) is 2.70. The van der Waals surface area contributed by atoms with E-state index >= 15 is 0 Å². The number of aryl methyl sites for hydroxylation is 1. The van der Waals surface area contributed by atoms with E-state index < -0.39 is 34.9 Å². The van der Waals surface area contributed by atoms with Crippen LogP contribution >= 0.6 is 0 Å². The molecule has 0 saturated carbocycles. The van der Waals surface area contributed by atoms with Gasteiger partial charge in [0.2, 0.25) is 0 Å². The first-order valence-corrected chi connectivity index (χ1v) is 10.3. The highest BCUT2D eigenvalue weighted by atomic mass is 32.2. The molecule has 7 heteroatoms. The van der Waals surface area contributed by atoms with Crippen LogP contribution in [0.4, 0.5) is 0 Å². The second kappa shape index (κ2) is 10.5. The number of aliphatic hydroxyl groups is 2. The third-order valence-electron chi connectivity index (χ3n) is 4.26. The lowest BCUT2D eigenvalue weighted by Gasteiger charge is -2.27. The van der Waals surface area contributed by atoms with Gasteiger partial charge in [0.05, 0.1) is 24.7 Å². The molecule has 0 fully saturated rings. The Morgan fingerprint density at radius 1 is 1.11 bits per heavy atom. The van der Waals surface area contributed by atoms with Crippen molar-refractivity contribution in [2.75, 3.05) is 13.2 Å². The fraction of sp³-hybridized carbons (Fsp3) is 0.333. The van der Waals surface area contributed by atoms with Crippen LogP contribution in [0.25, 0.3) is 0 Å². The highest BCUT2D eigenvalue weighted by Gasteiger charge is 2.33. The van der Waals surface area contributed by atoms with Crippen LogP contribution in [-0.4, -0.2) is 44.1 Å². The molecule has 0 aliphatic rings. The molecule has 2 N–H and O–H groups in total. The van der Waals surface area contributed by atoms with Crippen LogP contribution in [0.15, 0.2) is 72.1 Å². The summed E-state index contributed by atoms with van der Waals surface area (Å²) in [4.78, 5) is -0.0266. The number of rotatable bonds is 11. The van der Waals surface area contributed by atoms with Crippen LogP contribution in [-0.2, 0) is 25.6 Å². The number of aliphatic hydroxyl groups excluding tert-OH is 2. The normalized spacial score (nSPS) is 15.0. The minimum absolute atomic E-state index is 0.0266. The van der Waals surface area contributed by atoms with E-state index in [0.29, 0.717) is 6.61 Å². The second-order valence-electron chi connectivity index (χ2n) is 6.48. The molecule has 2 rings (SSSR count). The van der Waals surface area contributed by atoms with Crippen LogP contribution in [0.3, 0.4) is 0 Å². The van der Waals surface area contributed by atoms with Gasteiger partial charge in [-0.1, -0.05) is 54.1 Å². The third-order valence-corrected chi connectivity index (χ3v) is 5.59. The largest absolute Gasteiger partial charge is 0.394 e. The topological polar surface area (TPSA) is 93.1 Å². The Bertz CT molecular complexity index is 833. The van der Waals surface area contributed by atoms with Crippen molar-refractivity contribution in [3.8, 4) is 0 Å². The first-order chi connectivity index (χ1) is 13.4. The van der Waals surface area contributed by atoms with Crippen LogP contribution in [0, 0.1) is 12.8 Å². The van der Waals surface area contributed by atoms with E-state index in [1.807, 2.05) is 37.3 Å².